The van der Waals surface area contributed by atoms with Gasteiger partial charge in [0.1, 0.15) is 5.82 Å². The Morgan fingerprint density at radius 1 is 1.24 bits per heavy atom. The molecule has 2 aromatic rings. The molecular weight excluding hydrogens is 287 g/mol. The first-order valence-corrected chi connectivity index (χ1v) is 7.45. The monoisotopic (exact) mass is 304 g/mol. The summed E-state index contributed by atoms with van der Waals surface area (Å²) in [5, 5.41) is 4.17. The van der Waals surface area contributed by atoms with E-state index in [1.54, 1.807) is 6.07 Å². The van der Waals surface area contributed by atoms with Crippen LogP contribution in [0, 0.1) is 5.82 Å². The summed E-state index contributed by atoms with van der Waals surface area (Å²) in [7, 11) is 3.93. The molecule has 0 radical (unpaired) electrons. The van der Waals surface area contributed by atoms with Crippen LogP contribution in [0.1, 0.15) is 23.6 Å². The van der Waals surface area contributed by atoms with E-state index in [1.807, 2.05) is 43.3 Å². The molecule has 3 rings (SSSR count). The summed E-state index contributed by atoms with van der Waals surface area (Å²) >= 11 is 6.29. The number of rotatable bonds is 3. The van der Waals surface area contributed by atoms with Gasteiger partial charge in [0, 0.05) is 19.8 Å². The SMILES string of the molecule is CN(C)c1ccc(NC2CCc3c(F)cccc32)cc1Cl. The van der Waals surface area contributed by atoms with Crippen LogP contribution in [0.5, 0.6) is 0 Å². The van der Waals surface area contributed by atoms with Crippen molar-refractivity contribution < 1.29 is 4.39 Å². The molecule has 21 heavy (non-hydrogen) atoms. The first kappa shape index (κ1) is 14.2. The van der Waals surface area contributed by atoms with E-state index in [0.717, 1.165) is 35.3 Å². The largest absolute Gasteiger partial charge is 0.378 e. The Balaban J connectivity index is 1.83. The van der Waals surface area contributed by atoms with Crippen LogP contribution in [-0.2, 0) is 6.42 Å². The lowest BCUT2D eigenvalue weighted by Gasteiger charge is -2.19. The van der Waals surface area contributed by atoms with Crippen LogP contribution in [0.3, 0.4) is 0 Å². The van der Waals surface area contributed by atoms with Crippen molar-refractivity contribution in [3.8, 4) is 0 Å². The number of benzene rings is 2. The number of hydrogen-bond donors (Lipinski definition) is 1. The summed E-state index contributed by atoms with van der Waals surface area (Å²) in [6.07, 6.45) is 1.69. The molecule has 2 nitrogen and oxygen atoms in total. The lowest BCUT2D eigenvalue weighted by molar-refractivity contribution is 0.612. The Morgan fingerprint density at radius 2 is 2.05 bits per heavy atom. The summed E-state index contributed by atoms with van der Waals surface area (Å²) in [6, 6.07) is 11.4. The third-order valence-corrected chi connectivity index (χ3v) is 4.29. The minimum absolute atomic E-state index is 0.0993. The molecule has 0 bridgehead atoms. The second-order valence-corrected chi connectivity index (χ2v) is 6.01. The second kappa shape index (κ2) is 5.57. The van der Waals surface area contributed by atoms with Crippen LogP contribution >= 0.6 is 11.6 Å². The maximum absolute atomic E-state index is 13.8. The Bertz CT molecular complexity index is 670. The van der Waals surface area contributed by atoms with Gasteiger partial charge in [0.2, 0.25) is 0 Å². The van der Waals surface area contributed by atoms with E-state index >= 15 is 0 Å². The molecule has 1 aliphatic rings. The predicted octanol–water partition coefficient (Wildman–Crippen LogP) is 4.64. The van der Waals surface area contributed by atoms with Crippen LogP contribution in [0.2, 0.25) is 5.02 Å². The maximum Gasteiger partial charge on any atom is 0.126 e. The summed E-state index contributed by atoms with van der Waals surface area (Å²) in [5.74, 6) is -0.0993. The fourth-order valence-corrected chi connectivity index (χ4v) is 3.27. The Kier molecular flexibility index (Phi) is 3.77. The molecular formula is C17H18ClFN2. The molecule has 0 amide bonds. The Morgan fingerprint density at radius 3 is 2.76 bits per heavy atom. The number of fused-ring (bicyclic) bond motifs is 1. The summed E-state index contributed by atoms with van der Waals surface area (Å²) in [4.78, 5) is 1.98. The average molecular weight is 305 g/mol. The maximum atomic E-state index is 13.8. The van der Waals surface area contributed by atoms with E-state index in [-0.39, 0.29) is 11.9 Å². The molecule has 1 N–H and O–H groups in total. The molecule has 1 aliphatic carbocycles. The highest BCUT2D eigenvalue weighted by Gasteiger charge is 2.24. The first-order valence-electron chi connectivity index (χ1n) is 7.07. The van der Waals surface area contributed by atoms with Crippen LogP contribution in [0.15, 0.2) is 36.4 Å². The highest BCUT2D eigenvalue weighted by Crippen LogP contribution is 2.36. The molecule has 0 aromatic heterocycles. The van der Waals surface area contributed by atoms with Gasteiger partial charge in [-0.15, -0.1) is 0 Å². The highest BCUT2D eigenvalue weighted by molar-refractivity contribution is 6.33. The molecule has 0 saturated heterocycles. The van der Waals surface area contributed by atoms with E-state index in [2.05, 4.69) is 5.32 Å². The van der Waals surface area contributed by atoms with Crippen molar-refractivity contribution in [2.75, 3.05) is 24.3 Å². The van der Waals surface area contributed by atoms with Crippen LogP contribution < -0.4 is 10.2 Å². The normalized spacial score (nSPS) is 16.7. The molecule has 4 heteroatoms. The smallest absolute Gasteiger partial charge is 0.126 e. The number of anilines is 2. The van der Waals surface area contributed by atoms with Crippen molar-refractivity contribution >= 4 is 23.0 Å². The lowest BCUT2D eigenvalue weighted by Crippen LogP contribution is -2.10. The van der Waals surface area contributed by atoms with Crippen molar-refractivity contribution in [1.82, 2.24) is 0 Å². The first-order chi connectivity index (χ1) is 10.1. The van der Waals surface area contributed by atoms with Crippen molar-refractivity contribution in [1.29, 1.82) is 0 Å². The lowest BCUT2D eigenvalue weighted by atomic mass is 10.1. The topological polar surface area (TPSA) is 15.3 Å². The minimum Gasteiger partial charge on any atom is -0.378 e. The molecule has 110 valence electrons. The Hall–Kier alpha value is -1.74. The zero-order chi connectivity index (χ0) is 15.0. The number of hydrogen-bond acceptors (Lipinski definition) is 2. The molecule has 1 unspecified atom stereocenters. The fraction of sp³-hybridized carbons (Fsp3) is 0.294. The molecule has 0 aliphatic heterocycles. The fourth-order valence-electron chi connectivity index (χ4n) is 2.92. The third kappa shape index (κ3) is 2.70. The van der Waals surface area contributed by atoms with Gasteiger partial charge >= 0.3 is 0 Å². The van der Waals surface area contributed by atoms with Gasteiger partial charge in [-0.2, -0.15) is 0 Å². The molecule has 0 heterocycles. The Labute approximate surface area is 129 Å². The van der Waals surface area contributed by atoms with Crippen molar-refractivity contribution in [2.24, 2.45) is 0 Å². The molecule has 0 spiro atoms. The average Bonchev–Trinajstić information content (AvgIpc) is 2.83. The van der Waals surface area contributed by atoms with Gasteiger partial charge in [-0.1, -0.05) is 23.7 Å². The highest BCUT2D eigenvalue weighted by atomic mass is 35.5. The van der Waals surface area contributed by atoms with Gasteiger partial charge in [-0.25, -0.2) is 4.39 Å². The van der Waals surface area contributed by atoms with E-state index in [9.17, 15) is 4.39 Å². The van der Waals surface area contributed by atoms with Crippen molar-refractivity contribution in [3.05, 3.63) is 58.4 Å². The molecule has 1 atom stereocenters. The third-order valence-electron chi connectivity index (χ3n) is 3.98. The zero-order valence-corrected chi connectivity index (χ0v) is 12.9. The van der Waals surface area contributed by atoms with E-state index in [4.69, 9.17) is 11.6 Å². The second-order valence-electron chi connectivity index (χ2n) is 5.60. The van der Waals surface area contributed by atoms with Gasteiger partial charge in [0.25, 0.3) is 0 Å². The van der Waals surface area contributed by atoms with Crippen molar-refractivity contribution in [2.45, 2.75) is 18.9 Å². The van der Waals surface area contributed by atoms with Crippen LogP contribution in [0.25, 0.3) is 0 Å². The standard InChI is InChI=1S/C17H18ClFN2/c1-21(2)17-9-6-11(10-14(17)18)20-16-8-7-12-13(16)4-3-5-15(12)19/h3-6,9-10,16,20H,7-8H2,1-2H3. The predicted molar refractivity (Wildman–Crippen MR) is 86.9 cm³/mol. The van der Waals surface area contributed by atoms with E-state index in [0.29, 0.717) is 5.02 Å². The summed E-state index contributed by atoms with van der Waals surface area (Å²) in [6.45, 7) is 0. The van der Waals surface area contributed by atoms with Crippen LogP contribution in [-0.4, -0.2) is 14.1 Å². The number of halogens is 2. The molecule has 0 fully saturated rings. The van der Waals surface area contributed by atoms with Gasteiger partial charge in [0.05, 0.1) is 16.8 Å². The number of nitrogens with zero attached hydrogens (tertiary/aromatic N) is 1. The summed E-state index contributed by atoms with van der Waals surface area (Å²) in [5.41, 5.74) is 3.85. The van der Waals surface area contributed by atoms with Crippen LogP contribution in [0.4, 0.5) is 15.8 Å². The van der Waals surface area contributed by atoms with E-state index in [1.165, 1.54) is 6.07 Å². The molecule has 0 saturated carbocycles. The number of nitrogens with one attached hydrogen (secondary N) is 1. The summed E-state index contributed by atoms with van der Waals surface area (Å²) < 4.78 is 13.8. The van der Waals surface area contributed by atoms with Gasteiger partial charge in [-0.3, -0.25) is 0 Å². The van der Waals surface area contributed by atoms with Gasteiger partial charge in [-0.05, 0) is 48.2 Å². The van der Waals surface area contributed by atoms with Gasteiger partial charge in [0.15, 0.2) is 0 Å². The molecule has 2 aromatic carbocycles. The zero-order valence-electron chi connectivity index (χ0n) is 12.2. The quantitative estimate of drug-likeness (QED) is 0.888. The van der Waals surface area contributed by atoms with E-state index < -0.39 is 0 Å². The minimum atomic E-state index is -0.0993. The van der Waals surface area contributed by atoms with Crippen molar-refractivity contribution in [3.63, 3.8) is 0 Å². The van der Waals surface area contributed by atoms with Gasteiger partial charge < -0.3 is 10.2 Å².